The van der Waals surface area contributed by atoms with Crippen molar-refractivity contribution in [3.05, 3.63) is 22.8 Å². The topological polar surface area (TPSA) is 42.2 Å². The van der Waals surface area contributed by atoms with Gasteiger partial charge in [0, 0.05) is 16.7 Å². The van der Waals surface area contributed by atoms with Crippen molar-refractivity contribution in [3.63, 3.8) is 0 Å². The molecule has 2 heterocycles. The minimum atomic E-state index is 0.504. The molecule has 2 atom stereocenters. The fourth-order valence-corrected chi connectivity index (χ4v) is 3.55. The quantitative estimate of drug-likeness (QED) is 0.916. The lowest BCUT2D eigenvalue weighted by atomic mass is 9.78. The van der Waals surface area contributed by atoms with Crippen molar-refractivity contribution in [1.82, 2.24) is 14.6 Å². The summed E-state index contributed by atoms with van der Waals surface area (Å²) in [5.41, 5.74) is 0.882. The van der Waals surface area contributed by atoms with Crippen LogP contribution in [0.4, 0.5) is 5.95 Å². The van der Waals surface area contributed by atoms with E-state index in [-0.39, 0.29) is 0 Å². The molecule has 0 saturated heterocycles. The van der Waals surface area contributed by atoms with Gasteiger partial charge in [-0.15, -0.1) is 5.10 Å². The van der Waals surface area contributed by atoms with Gasteiger partial charge in [0.1, 0.15) is 0 Å². The minimum absolute atomic E-state index is 0.504. The first-order valence-electron chi connectivity index (χ1n) is 7.42. The largest absolute Gasteiger partial charge is 0.350 e. The summed E-state index contributed by atoms with van der Waals surface area (Å²) < 4.78 is 2.83. The molecule has 2 unspecified atom stereocenters. The molecule has 2 aromatic rings. The van der Waals surface area contributed by atoms with Crippen LogP contribution in [0.15, 0.2) is 22.8 Å². The molecule has 0 amide bonds. The molecule has 5 heteroatoms. The molecule has 0 radical (unpaired) electrons. The van der Waals surface area contributed by atoms with Crippen LogP contribution in [-0.2, 0) is 0 Å². The molecule has 0 bridgehead atoms. The second-order valence-electron chi connectivity index (χ2n) is 6.03. The number of nitrogens with one attached hydrogen (secondary N) is 1. The van der Waals surface area contributed by atoms with Crippen LogP contribution < -0.4 is 5.32 Å². The van der Waals surface area contributed by atoms with Gasteiger partial charge in [0.15, 0.2) is 5.65 Å². The Hall–Kier alpha value is -1.10. The van der Waals surface area contributed by atoms with Crippen LogP contribution in [0.3, 0.4) is 0 Å². The zero-order valence-corrected chi connectivity index (χ0v) is 13.6. The van der Waals surface area contributed by atoms with E-state index in [0.29, 0.717) is 12.0 Å². The van der Waals surface area contributed by atoms with Crippen molar-refractivity contribution in [2.24, 2.45) is 11.8 Å². The average molecular weight is 337 g/mol. The Bertz CT molecular complexity index is 593. The van der Waals surface area contributed by atoms with Crippen LogP contribution in [0.2, 0.25) is 0 Å². The lowest BCUT2D eigenvalue weighted by Crippen LogP contribution is -2.35. The highest BCUT2D eigenvalue weighted by Gasteiger charge is 2.28. The van der Waals surface area contributed by atoms with Gasteiger partial charge in [-0.05, 0) is 52.7 Å². The van der Waals surface area contributed by atoms with Gasteiger partial charge in [-0.3, -0.25) is 0 Å². The van der Waals surface area contributed by atoms with Crippen molar-refractivity contribution >= 4 is 27.5 Å². The number of hydrogen-bond donors (Lipinski definition) is 1. The third-order valence-corrected chi connectivity index (χ3v) is 4.75. The first-order valence-corrected chi connectivity index (χ1v) is 8.21. The first-order chi connectivity index (χ1) is 9.63. The highest BCUT2D eigenvalue weighted by molar-refractivity contribution is 9.10. The van der Waals surface area contributed by atoms with E-state index in [1.807, 2.05) is 22.8 Å². The number of pyridine rings is 1. The summed E-state index contributed by atoms with van der Waals surface area (Å²) in [4.78, 5) is 4.56. The maximum absolute atomic E-state index is 4.56. The summed E-state index contributed by atoms with van der Waals surface area (Å²) in [5.74, 6) is 2.18. The van der Waals surface area contributed by atoms with E-state index in [1.54, 1.807) is 0 Å². The molecule has 108 valence electrons. The lowest BCUT2D eigenvalue weighted by molar-refractivity contribution is 0.253. The van der Waals surface area contributed by atoms with Gasteiger partial charge in [0.05, 0.1) is 0 Å². The number of hydrogen-bond acceptors (Lipinski definition) is 3. The predicted octanol–water partition coefficient (Wildman–Crippen LogP) is 4.12. The van der Waals surface area contributed by atoms with Gasteiger partial charge in [-0.2, -0.15) is 4.98 Å². The standard InChI is InChI=1S/C15H21BrN4/c1-10(2)12-5-3-4-6-13(12)17-15-18-14-8-7-11(16)9-20(14)19-15/h7-10,12-13H,3-6H2,1-2H3,(H,17,19). The number of aromatic nitrogens is 3. The number of halogens is 1. The van der Waals surface area contributed by atoms with Crippen LogP contribution in [0, 0.1) is 11.8 Å². The van der Waals surface area contributed by atoms with E-state index in [9.17, 15) is 0 Å². The van der Waals surface area contributed by atoms with E-state index >= 15 is 0 Å². The fraction of sp³-hybridized carbons (Fsp3) is 0.600. The molecular formula is C15H21BrN4. The zero-order valence-electron chi connectivity index (χ0n) is 12.0. The summed E-state index contributed by atoms with van der Waals surface area (Å²) >= 11 is 3.46. The monoisotopic (exact) mass is 336 g/mol. The summed E-state index contributed by atoms with van der Waals surface area (Å²) in [6.07, 6.45) is 7.14. The third-order valence-electron chi connectivity index (χ3n) is 4.29. The maximum atomic E-state index is 4.56. The van der Waals surface area contributed by atoms with E-state index in [4.69, 9.17) is 0 Å². The van der Waals surface area contributed by atoms with E-state index in [1.165, 1.54) is 25.7 Å². The second kappa shape index (κ2) is 5.72. The highest BCUT2D eigenvalue weighted by Crippen LogP contribution is 2.31. The van der Waals surface area contributed by atoms with Crippen LogP contribution in [0.25, 0.3) is 5.65 Å². The normalized spacial score (nSPS) is 23.4. The molecule has 1 aliphatic rings. The molecule has 2 aromatic heterocycles. The molecule has 3 rings (SSSR count). The molecule has 0 aliphatic heterocycles. The Balaban J connectivity index is 1.80. The second-order valence-corrected chi connectivity index (χ2v) is 6.94. The van der Waals surface area contributed by atoms with Crippen molar-refractivity contribution in [2.45, 2.75) is 45.6 Å². The SMILES string of the molecule is CC(C)C1CCCCC1Nc1nc2ccc(Br)cn2n1. The molecule has 20 heavy (non-hydrogen) atoms. The van der Waals surface area contributed by atoms with Crippen LogP contribution in [-0.4, -0.2) is 20.6 Å². The minimum Gasteiger partial charge on any atom is -0.350 e. The molecule has 1 aliphatic carbocycles. The smallest absolute Gasteiger partial charge is 0.243 e. The Kier molecular flexibility index (Phi) is 3.96. The van der Waals surface area contributed by atoms with Gasteiger partial charge in [-0.1, -0.05) is 26.7 Å². The van der Waals surface area contributed by atoms with Gasteiger partial charge >= 0.3 is 0 Å². The average Bonchev–Trinajstić information content (AvgIpc) is 2.80. The predicted molar refractivity (Wildman–Crippen MR) is 84.9 cm³/mol. The number of rotatable bonds is 3. The molecule has 1 N–H and O–H groups in total. The first kappa shape index (κ1) is 13.9. The zero-order chi connectivity index (χ0) is 14.1. The number of nitrogens with zero attached hydrogens (tertiary/aromatic N) is 3. The Morgan fingerprint density at radius 1 is 1.30 bits per heavy atom. The van der Waals surface area contributed by atoms with Gasteiger partial charge in [0.2, 0.25) is 5.95 Å². The Labute approximate surface area is 128 Å². The fourth-order valence-electron chi connectivity index (χ4n) is 3.22. The van der Waals surface area contributed by atoms with Crippen molar-refractivity contribution < 1.29 is 0 Å². The molecule has 0 aromatic carbocycles. The van der Waals surface area contributed by atoms with E-state index in [0.717, 1.165) is 22.0 Å². The molecule has 1 saturated carbocycles. The summed E-state index contributed by atoms with van der Waals surface area (Å²) in [6, 6.07) is 4.47. The summed E-state index contributed by atoms with van der Waals surface area (Å²) in [7, 11) is 0. The van der Waals surface area contributed by atoms with Gasteiger partial charge in [-0.25, -0.2) is 4.52 Å². The Morgan fingerprint density at radius 3 is 2.90 bits per heavy atom. The molecule has 0 spiro atoms. The van der Waals surface area contributed by atoms with Crippen molar-refractivity contribution in [2.75, 3.05) is 5.32 Å². The lowest BCUT2D eigenvalue weighted by Gasteiger charge is -2.34. The van der Waals surface area contributed by atoms with E-state index < -0.39 is 0 Å². The number of fused-ring (bicyclic) bond motifs is 1. The van der Waals surface area contributed by atoms with Crippen molar-refractivity contribution in [1.29, 1.82) is 0 Å². The van der Waals surface area contributed by atoms with Gasteiger partial charge in [0.25, 0.3) is 0 Å². The van der Waals surface area contributed by atoms with Crippen LogP contribution >= 0.6 is 15.9 Å². The Morgan fingerprint density at radius 2 is 2.10 bits per heavy atom. The van der Waals surface area contributed by atoms with Crippen LogP contribution in [0.5, 0.6) is 0 Å². The molecule has 4 nitrogen and oxygen atoms in total. The summed E-state index contributed by atoms with van der Waals surface area (Å²) in [5, 5.41) is 8.09. The highest BCUT2D eigenvalue weighted by atomic mass is 79.9. The van der Waals surface area contributed by atoms with Gasteiger partial charge < -0.3 is 5.32 Å². The summed E-state index contributed by atoms with van der Waals surface area (Å²) in [6.45, 7) is 4.64. The molecule has 1 fully saturated rings. The maximum Gasteiger partial charge on any atom is 0.243 e. The molecular weight excluding hydrogens is 316 g/mol. The number of anilines is 1. The van der Waals surface area contributed by atoms with Crippen molar-refractivity contribution in [3.8, 4) is 0 Å². The third kappa shape index (κ3) is 2.82. The van der Waals surface area contributed by atoms with Crippen LogP contribution in [0.1, 0.15) is 39.5 Å². The van der Waals surface area contributed by atoms with E-state index in [2.05, 4.69) is 45.2 Å².